The van der Waals surface area contributed by atoms with Crippen LogP contribution in [0.5, 0.6) is 0 Å². The van der Waals surface area contributed by atoms with E-state index in [1.807, 2.05) is 6.92 Å². The fourth-order valence-corrected chi connectivity index (χ4v) is 2.39. The first kappa shape index (κ1) is 17.8. The summed E-state index contributed by atoms with van der Waals surface area (Å²) in [5.74, 6) is -0.645. The molecule has 1 amide bonds. The van der Waals surface area contributed by atoms with Crippen LogP contribution in [-0.4, -0.2) is 25.0 Å². The quantitative estimate of drug-likeness (QED) is 0.779. The number of benzene rings is 2. The fourth-order valence-electron chi connectivity index (χ4n) is 2.16. The van der Waals surface area contributed by atoms with Gasteiger partial charge in [-0.3, -0.25) is 4.79 Å². The molecule has 2 N–H and O–H groups in total. The lowest BCUT2D eigenvalue weighted by Gasteiger charge is -2.12. The van der Waals surface area contributed by atoms with E-state index in [4.69, 9.17) is 16.3 Å². The second-order valence-corrected chi connectivity index (χ2v) is 5.56. The van der Waals surface area contributed by atoms with E-state index >= 15 is 0 Å². The molecule has 0 saturated heterocycles. The zero-order valence-electron chi connectivity index (χ0n) is 13.6. The Bertz CT molecular complexity index is 747. The van der Waals surface area contributed by atoms with Crippen LogP contribution in [0.1, 0.15) is 22.8 Å². The van der Waals surface area contributed by atoms with E-state index < -0.39 is 5.97 Å². The molecule has 6 heteroatoms. The van der Waals surface area contributed by atoms with E-state index in [-0.39, 0.29) is 12.5 Å². The van der Waals surface area contributed by atoms with Crippen LogP contribution in [0.2, 0.25) is 5.02 Å². The molecule has 2 rings (SSSR count). The molecule has 126 valence electrons. The first-order chi connectivity index (χ1) is 11.5. The summed E-state index contributed by atoms with van der Waals surface area (Å²) >= 11 is 5.90. The van der Waals surface area contributed by atoms with Gasteiger partial charge in [-0.1, -0.05) is 23.7 Å². The summed E-state index contributed by atoms with van der Waals surface area (Å²) in [5, 5.41) is 6.39. The number of carbonyl (C=O) groups excluding carboxylic acids is 2. The summed E-state index contributed by atoms with van der Waals surface area (Å²) in [7, 11) is 0. The van der Waals surface area contributed by atoms with Gasteiger partial charge >= 0.3 is 5.97 Å². The van der Waals surface area contributed by atoms with Crippen molar-refractivity contribution in [2.75, 3.05) is 23.8 Å². The Labute approximate surface area is 146 Å². The van der Waals surface area contributed by atoms with Crippen LogP contribution in [0.25, 0.3) is 0 Å². The molecular weight excluding hydrogens is 328 g/mol. The maximum atomic E-state index is 12.1. The van der Waals surface area contributed by atoms with Gasteiger partial charge in [-0.25, -0.2) is 4.79 Å². The van der Waals surface area contributed by atoms with Crippen molar-refractivity contribution < 1.29 is 14.3 Å². The smallest absolute Gasteiger partial charge is 0.340 e. The summed E-state index contributed by atoms with van der Waals surface area (Å²) in [6.45, 7) is 3.93. The van der Waals surface area contributed by atoms with Gasteiger partial charge < -0.3 is 15.4 Å². The lowest BCUT2D eigenvalue weighted by Crippen LogP contribution is -2.23. The standard InChI is InChI=1S/C18H19ClN2O3/c1-3-24-18(23)14-6-4-5-7-16(14)20-11-17(22)21-15-9-8-13(19)10-12(15)2/h4-10,20H,3,11H2,1-2H3,(H,21,22). The molecule has 0 fully saturated rings. The number of nitrogens with one attached hydrogen (secondary N) is 2. The van der Waals surface area contributed by atoms with Crippen LogP contribution in [0.4, 0.5) is 11.4 Å². The Hall–Kier alpha value is -2.53. The van der Waals surface area contributed by atoms with Crippen molar-refractivity contribution in [3.05, 3.63) is 58.6 Å². The van der Waals surface area contributed by atoms with Gasteiger partial charge in [0.05, 0.1) is 18.7 Å². The Kier molecular flexibility index (Phi) is 6.21. The molecule has 0 radical (unpaired) electrons. The van der Waals surface area contributed by atoms with Crippen LogP contribution < -0.4 is 10.6 Å². The minimum atomic E-state index is -0.422. The van der Waals surface area contributed by atoms with Crippen LogP contribution in [0, 0.1) is 6.92 Å². The number of para-hydroxylation sites is 1. The second kappa shape index (κ2) is 8.36. The van der Waals surface area contributed by atoms with Crippen molar-refractivity contribution in [3.63, 3.8) is 0 Å². The van der Waals surface area contributed by atoms with E-state index in [9.17, 15) is 9.59 Å². The third-order valence-electron chi connectivity index (χ3n) is 3.32. The highest BCUT2D eigenvalue weighted by Crippen LogP contribution is 2.20. The molecule has 0 saturated carbocycles. The fraction of sp³-hybridized carbons (Fsp3) is 0.222. The number of hydrogen-bond donors (Lipinski definition) is 2. The molecule has 0 aromatic heterocycles. The minimum absolute atomic E-state index is 0.0263. The van der Waals surface area contributed by atoms with E-state index in [1.165, 1.54) is 0 Å². The van der Waals surface area contributed by atoms with Crippen molar-refractivity contribution in [1.29, 1.82) is 0 Å². The number of carbonyl (C=O) groups is 2. The van der Waals surface area contributed by atoms with Crippen molar-refractivity contribution in [3.8, 4) is 0 Å². The molecule has 0 aliphatic heterocycles. The maximum Gasteiger partial charge on any atom is 0.340 e. The molecule has 0 atom stereocenters. The number of ether oxygens (including phenoxy) is 1. The third-order valence-corrected chi connectivity index (χ3v) is 3.56. The number of rotatable bonds is 6. The topological polar surface area (TPSA) is 67.4 Å². The summed E-state index contributed by atoms with van der Waals surface area (Å²) in [6.07, 6.45) is 0. The second-order valence-electron chi connectivity index (χ2n) is 5.13. The number of halogens is 1. The molecule has 2 aromatic carbocycles. The van der Waals surface area contributed by atoms with Gasteiger partial charge in [-0.15, -0.1) is 0 Å². The normalized spacial score (nSPS) is 10.1. The van der Waals surface area contributed by atoms with Crippen LogP contribution in [0.15, 0.2) is 42.5 Å². The maximum absolute atomic E-state index is 12.1. The van der Waals surface area contributed by atoms with Crippen LogP contribution in [-0.2, 0) is 9.53 Å². The van der Waals surface area contributed by atoms with Gasteiger partial charge in [-0.05, 0) is 49.7 Å². The predicted octanol–water partition coefficient (Wildman–Crippen LogP) is 3.88. The van der Waals surface area contributed by atoms with Crippen molar-refractivity contribution >= 4 is 34.9 Å². The largest absolute Gasteiger partial charge is 0.462 e. The zero-order valence-corrected chi connectivity index (χ0v) is 14.3. The van der Waals surface area contributed by atoms with Gasteiger partial charge in [0.15, 0.2) is 0 Å². The molecule has 0 aliphatic carbocycles. The average molecular weight is 347 g/mol. The molecule has 24 heavy (non-hydrogen) atoms. The minimum Gasteiger partial charge on any atom is -0.462 e. The molecule has 5 nitrogen and oxygen atoms in total. The molecule has 2 aromatic rings. The third kappa shape index (κ3) is 4.73. The lowest BCUT2D eigenvalue weighted by molar-refractivity contribution is -0.114. The van der Waals surface area contributed by atoms with Gasteiger partial charge in [0.1, 0.15) is 0 Å². The highest BCUT2D eigenvalue weighted by atomic mass is 35.5. The molecule has 0 heterocycles. The Morgan fingerprint density at radius 3 is 2.58 bits per heavy atom. The van der Waals surface area contributed by atoms with E-state index in [0.29, 0.717) is 28.6 Å². The van der Waals surface area contributed by atoms with Gasteiger partial charge in [0.25, 0.3) is 0 Å². The molecule has 0 spiro atoms. The Morgan fingerprint density at radius 2 is 1.88 bits per heavy atom. The Balaban J connectivity index is 2.00. The lowest BCUT2D eigenvalue weighted by atomic mass is 10.1. The number of esters is 1. The highest BCUT2D eigenvalue weighted by molar-refractivity contribution is 6.30. The van der Waals surface area contributed by atoms with E-state index in [1.54, 1.807) is 49.4 Å². The zero-order chi connectivity index (χ0) is 17.5. The van der Waals surface area contributed by atoms with Crippen molar-refractivity contribution in [1.82, 2.24) is 0 Å². The van der Waals surface area contributed by atoms with Gasteiger partial charge in [-0.2, -0.15) is 0 Å². The summed E-state index contributed by atoms with van der Waals surface area (Å²) in [6, 6.07) is 12.2. The molecule has 0 aliphatic rings. The van der Waals surface area contributed by atoms with E-state index in [2.05, 4.69) is 10.6 Å². The van der Waals surface area contributed by atoms with Gasteiger partial charge in [0.2, 0.25) is 5.91 Å². The van der Waals surface area contributed by atoms with Crippen molar-refractivity contribution in [2.45, 2.75) is 13.8 Å². The highest BCUT2D eigenvalue weighted by Gasteiger charge is 2.12. The SMILES string of the molecule is CCOC(=O)c1ccccc1NCC(=O)Nc1ccc(Cl)cc1C. The number of aryl methyl sites for hydroxylation is 1. The van der Waals surface area contributed by atoms with Crippen molar-refractivity contribution in [2.24, 2.45) is 0 Å². The monoisotopic (exact) mass is 346 g/mol. The predicted molar refractivity (Wildman–Crippen MR) is 95.7 cm³/mol. The van der Waals surface area contributed by atoms with Gasteiger partial charge in [0, 0.05) is 16.4 Å². The van der Waals surface area contributed by atoms with Crippen LogP contribution >= 0.6 is 11.6 Å². The average Bonchev–Trinajstić information content (AvgIpc) is 2.56. The first-order valence-corrected chi connectivity index (χ1v) is 7.95. The number of hydrogen-bond acceptors (Lipinski definition) is 4. The number of amides is 1. The Morgan fingerprint density at radius 1 is 1.12 bits per heavy atom. The molecule has 0 bridgehead atoms. The summed E-state index contributed by atoms with van der Waals surface area (Å²) in [5.41, 5.74) is 2.53. The van der Waals surface area contributed by atoms with Crippen LogP contribution in [0.3, 0.4) is 0 Å². The van der Waals surface area contributed by atoms with E-state index in [0.717, 1.165) is 5.56 Å². The summed E-state index contributed by atoms with van der Waals surface area (Å²) in [4.78, 5) is 24.0. The first-order valence-electron chi connectivity index (χ1n) is 7.57. The number of anilines is 2. The molecule has 0 unspecified atom stereocenters. The summed E-state index contributed by atoms with van der Waals surface area (Å²) < 4.78 is 5.01. The molecular formula is C18H19ClN2O3.